The van der Waals surface area contributed by atoms with Crippen LogP contribution in [0.25, 0.3) is 0 Å². The third kappa shape index (κ3) is 3.34. The van der Waals surface area contributed by atoms with Gasteiger partial charge in [0.1, 0.15) is 0 Å². The molecule has 0 N–H and O–H groups in total. The average molecular weight is 269 g/mol. The minimum atomic E-state index is 0.438. The van der Waals surface area contributed by atoms with E-state index >= 15 is 0 Å². The van der Waals surface area contributed by atoms with Gasteiger partial charge in [-0.1, -0.05) is 59.6 Å². The second-order valence-electron chi connectivity index (χ2n) is 4.51. The third-order valence-electron chi connectivity index (χ3n) is 3.45. The van der Waals surface area contributed by atoms with Gasteiger partial charge in [-0.05, 0) is 37.2 Å². The van der Waals surface area contributed by atoms with E-state index in [4.69, 9.17) is 0 Å². The van der Waals surface area contributed by atoms with Gasteiger partial charge in [0.25, 0.3) is 0 Å². The molecule has 0 saturated heterocycles. The number of hydrogen-bond donors (Lipinski definition) is 0. The van der Waals surface area contributed by atoms with Crippen LogP contribution in [0.2, 0.25) is 0 Å². The van der Waals surface area contributed by atoms with E-state index in [9.17, 15) is 0 Å². The molecule has 0 radical (unpaired) electrons. The molecule has 15 heavy (non-hydrogen) atoms. The molecule has 0 spiro atoms. The van der Waals surface area contributed by atoms with Crippen LogP contribution in [-0.4, -0.2) is 5.33 Å². The van der Waals surface area contributed by atoms with Crippen LogP contribution in [0.4, 0.5) is 0 Å². The van der Waals surface area contributed by atoms with Crippen LogP contribution in [0.15, 0.2) is 24.3 Å². The molecule has 0 aliphatic carbocycles. The first-order valence-corrected chi connectivity index (χ1v) is 6.89. The zero-order chi connectivity index (χ0) is 11.3. The van der Waals surface area contributed by atoms with Crippen LogP contribution in [-0.2, 0) is 6.42 Å². The highest BCUT2D eigenvalue weighted by Gasteiger charge is 2.24. The van der Waals surface area contributed by atoms with Gasteiger partial charge in [0.15, 0.2) is 0 Å². The van der Waals surface area contributed by atoms with E-state index in [1.165, 1.54) is 30.4 Å². The molecule has 0 unspecified atom stereocenters. The standard InChI is InChI=1S/C14H21Br/c1-4-14(5-2,11-15)10-13-8-6-7-12(3)9-13/h6-9H,4-5,10-11H2,1-3H3. The maximum Gasteiger partial charge on any atom is 0.00909 e. The summed E-state index contributed by atoms with van der Waals surface area (Å²) in [5, 5.41) is 1.10. The molecule has 1 heteroatoms. The number of rotatable bonds is 5. The summed E-state index contributed by atoms with van der Waals surface area (Å²) in [6.07, 6.45) is 3.66. The molecule has 0 saturated carbocycles. The molecule has 0 bridgehead atoms. The summed E-state index contributed by atoms with van der Waals surface area (Å²) < 4.78 is 0. The number of hydrogen-bond acceptors (Lipinski definition) is 0. The fraction of sp³-hybridized carbons (Fsp3) is 0.571. The highest BCUT2D eigenvalue weighted by atomic mass is 79.9. The predicted molar refractivity (Wildman–Crippen MR) is 71.7 cm³/mol. The predicted octanol–water partition coefficient (Wildman–Crippen LogP) is 4.74. The maximum atomic E-state index is 3.67. The second kappa shape index (κ2) is 5.69. The minimum Gasteiger partial charge on any atom is -0.0922 e. The van der Waals surface area contributed by atoms with Crippen molar-refractivity contribution >= 4 is 15.9 Å². The quantitative estimate of drug-likeness (QED) is 0.677. The van der Waals surface area contributed by atoms with Gasteiger partial charge >= 0.3 is 0 Å². The smallest absolute Gasteiger partial charge is 0.00909 e. The molecule has 0 atom stereocenters. The van der Waals surface area contributed by atoms with Crippen molar-refractivity contribution in [2.45, 2.75) is 40.0 Å². The second-order valence-corrected chi connectivity index (χ2v) is 5.07. The van der Waals surface area contributed by atoms with E-state index in [0.29, 0.717) is 5.41 Å². The molecule has 0 fully saturated rings. The van der Waals surface area contributed by atoms with E-state index in [1.54, 1.807) is 0 Å². The highest BCUT2D eigenvalue weighted by molar-refractivity contribution is 9.09. The number of aryl methyl sites for hydroxylation is 1. The normalized spacial score (nSPS) is 11.7. The first kappa shape index (κ1) is 12.8. The number of alkyl halides is 1. The Kier molecular flexibility index (Phi) is 4.85. The lowest BCUT2D eigenvalue weighted by molar-refractivity contribution is 0.307. The summed E-state index contributed by atoms with van der Waals surface area (Å²) in [4.78, 5) is 0. The van der Waals surface area contributed by atoms with Gasteiger partial charge in [0.2, 0.25) is 0 Å². The largest absolute Gasteiger partial charge is 0.0922 e. The van der Waals surface area contributed by atoms with Crippen molar-refractivity contribution in [2.75, 3.05) is 5.33 Å². The molecule has 0 amide bonds. The average Bonchev–Trinajstić information content (AvgIpc) is 2.26. The summed E-state index contributed by atoms with van der Waals surface area (Å²) in [6, 6.07) is 8.88. The molecule has 0 nitrogen and oxygen atoms in total. The van der Waals surface area contributed by atoms with Gasteiger partial charge < -0.3 is 0 Å². The Labute approximate surface area is 102 Å². The lowest BCUT2D eigenvalue weighted by atomic mass is 9.79. The fourth-order valence-corrected chi connectivity index (χ4v) is 2.98. The molecular weight excluding hydrogens is 248 g/mol. The van der Waals surface area contributed by atoms with Crippen LogP contribution >= 0.6 is 15.9 Å². The van der Waals surface area contributed by atoms with Gasteiger partial charge in [0.05, 0.1) is 0 Å². The van der Waals surface area contributed by atoms with Crippen molar-refractivity contribution in [1.82, 2.24) is 0 Å². The molecule has 84 valence electrons. The molecule has 0 aromatic heterocycles. The van der Waals surface area contributed by atoms with Crippen LogP contribution in [0.5, 0.6) is 0 Å². The minimum absolute atomic E-state index is 0.438. The summed E-state index contributed by atoms with van der Waals surface area (Å²) >= 11 is 3.67. The zero-order valence-corrected chi connectivity index (χ0v) is 11.6. The Morgan fingerprint density at radius 2 is 1.87 bits per heavy atom. The zero-order valence-electron chi connectivity index (χ0n) is 10.0. The lowest BCUT2D eigenvalue weighted by Gasteiger charge is -2.29. The van der Waals surface area contributed by atoms with Crippen molar-refractivity contribution in [3.8, 4) is 0 Å². The molecule has 1 aromatic carbocycles. The monoisotopic (exact) mass is 268 g/mol. The summed E-state index contributed by atoms with van der Waals surface area (Å²) in [5.74, 6) is 0. The maximum absolute atomic E-state index is 3.67. The van der Waals surface area contributed by atoms with E-state index < -0.39 is 0 Å². The molecule has 1 rings (SSSR count). The summed E-state index contributed by atoms with van der Waals surface area (Å²) in [5.41, 5.74) is 3.27. The van der Waals surface area contributed by atoms with Gasteiger partial charge in [-0.2, -0.15) is 0 Å². The Bertz CT molecular complexity index is 292. The van der Waals surface area contributed by atoms with E-state index in [0.717, 1.165) is 5.33 Å². The van der Waals surface area contributed by atoms with Crippen molar-refractivity contribution in [3.05, 3.63) is 35.4 Å². The SMILES string of the molecule is CCC(CC)(CBr)Cc1cccc(C)c1. The summed E-state index contributed by atoms with van der Waals surface area (Å²) in [6.45, 7) is 6.75. The Hall–Kier alpha value is -0.300. The van der Waals surface area contributed by atoms with Gasteiger partial charge in [0, 0.05) is 5.33 Å². The van der Waals surface area contributed by atoms with Crippen molar-refractivity contribution in [3.63, 3.8) is 0 Å². The van der Waals surface area contributed by atoms with E-state index in [1.807, 2.05) is 0 Å². The fourth-order valence-electron chi connectivity index (χ4n) is 1.99. The molecule has 0 aliphatic rings. The van der Waals surface area contributed by atoms with E-state index in [-0.39, 0.29) is 0 Å². The Morgan fingerprint density at radius 3 is 2.33 bits per heavy atom. The highest BCUT2D eigenvalue weighted by Crippen LogP contribution is 2.33. The van der Waals surface area contributed by atoms with Crippen LogP contribution in [0.3, 0.4) is 0 Å². The molecule has 0 heterocycles. The van der Waals surface area contributed by atoms with Crippen molar-refractivity contribution in [1.29, 1.82) is 0 Å². The topological polar surface area (TPSA) is 0 Å². The van der Waals surface area contributed by atoms with Gasteiger partial charge in [-0.25, -0.2) is 0 Å². The molecule has 0 aliphatic heterocycles. The number of halogens is 1. The summed E-state index contributed by atoms with van der Waals surface area (Å²) in [7, 11) is 0. The first-order chi connectivity index (χ1) is 7.15. The Balaban J connectivity index is 2.82. The Morgan fingerprint density at radius 1 is 1.20 bits per heavy atom. The molecule has 1 aromatic rings. The lowest BCUT2D eigenvalue weighted by Crippen LogP contribution is -2.23. The number of benzene rings is 1. The first-order valence-electron chi connectivity index (χ1n) is 5.77. The van der Waals surface area contributed by atoms with Crippen LogP contribution in [0.1, 0.15) is 37.8 Å². The van der Waals surface area contributed by atoms with Crippen LogP contribution in [0, 0.1) is 12.3 Å². The molecular formula is C14H21Br. The van der Waals surface area contributed by atoms with E-state index in [2.05, 4.69) is 61.0 Å². The van der Waals surface area contributed by atoms with Crippen LogP contribution < -0.4 is 0 Å². The van der Waals surface area contributed by atoms with Crippen molar-refractivity contribution < 1.29 is 0 Å². The van der Waals surface area contributed by atoms with Gasteiger partial charge in [-0.15, -0.1) is 0 Å². The third-order valence-corrected chi connectivity index (χ3v) is 4.63. The van der Waals surface area contributed by atoms with Crippen molar-refractivity contribution in [2.24, 2.45) is 5.41 Å². The van der Waals surface area contributed by atoms with Gasteiger partial charge in [-0.3, -0.25) is 0 Å².